The van der Waals surface area contributed by atoms with E-state index in [9.17, 15) is 10.0 Å². The number of piperidine rings is 1. The maximum Gasteiger partial charge on any atom is 0.164 e. The molecule has 1 aliphatic rings. The van der Waals surface area contributed by atoms with E-state index in [0.29, 0.717) is 17.3 Å². The normalized spacial score (nSPS) is 33.7. The first-order chi connectivity index (χ1) is 7.09. The Balaban J connectivity index is 3.14. The minimum absolute atomic E-state index is 0.0329. The molecule has 1 atom stereocenters. The van der Waals surface area contributed by atoms with Crippen molar-refractivity contribution in [3.63, 3.8) is 0 Å². The molecule has 1 heterocycles. The minimum Gasteiger partial charge on any atom is -0.317 e. The molecule has 1 fully saturated rings. The van der Waals surface area contributed by atoms with Gasteiger partial charge in [-0.05, 0) is 40.5 Å². The molecule has 93 valence electrons. The molecule has 0 aromatic carbocycles. The molecule has 0 aromatic rings. The van der Waals surface area contributed by atoms with E-state index in [1.807, 2.05) is 36.4 Å². The molecular formula is C11H20IN2O2. The maximum atomic E-state index is 12.3. The smallest absolute Gasteiger partial charge is 0.164 e. The van der Waals surface area contributed by atoms with Crippen LogP contribution < -0.4 is 5.73 Å². The van der Waals surface area contributed by atoms with Crippen molar-refractivity contribution in [3.05, 3.63) is 0 Å². The second-order valence-corrected chi connectivity index (χ2v) is 6.46. The highest BCUT2D eigenvalue weighted by Crippen LogP contribution is 2.42. The fourth-order valence-electron chi connectivity index (χ4n) is 2.45. The Kier molecular flexibility index (Phi) is 3.75. The zero-order chi connectivity index (χ0) is 12.8. The summed E-state index contributed by atoms with van der Waals surface area (Å²) in [6.45, 7) is 7.34. The van der Waals surface area contributed by atoms with Gasteiger partial charge in [-0.25, -0.2) is 0 Å². The highest BCUT2D eigenvalue weighted by Gasteiger charge is 2.58. The fraction of sp³-hybridized carbons (Fsp3) is 0.909. The van der Waals surface area contributed by atoms with Gasteiger partial charge in [0, 0.05) is 5.54 Å². The van der Waals surface area contributed by atoms with Gasteiger partial charge in [0.15, 0.2) is 5.78 Å². The maximum absolute atomic E-state index is 12.3. The quantitative estimate of drug-likeness (QED) is 0.615. The van der Waals surface area contributed by atoms with E-state index in [4.69, 9.17) is 5.73 Å². The van der Waals surface area contributed by atoms with Crippen LogP contribution in [0.1, 0.15) is 40.5 Å². The SMILES string of the molecule is CC1(C)CCC(N)(C(=O)CI)C(C)(C)N1[O]. The molecule has 1 radical (unpaired) electrons. The summed E-state index contributed by atoms with van der Waals surface area (Å²) in [4.78, 5) is 12.0. The average Bonchev–Trinajstić information content (AvgIpc) is 2.21. The van der Waals surface area contributed by atoms with Crippen molar-refractivity contribution in [1.29, 1.82) is 0 Å². The Morgan fingerprint density at radius 3 is 2.25 bits per heavy atom. The third-order valence-corrected chi connectivity index (χ3v) is 4.59. The summed E-state index contributed by atoms with van der Waals surface area (Å²) in [5.41, 5.74) is 3.89. The van der Waals surface area contributed by atoms with Crippen molar-refractivity contribution >= 4 is 28.4 Å². The molecule has 5 heteroatoms. The number of hydrogen-bond donors (Lipinski definition) is 1. The number of nitrogens with zero attached hydrogens (tertiary/aromatic N) is 1. The molecule has 1 saturated heterocycles. The summed E-state index contributed by atoms with van der Waals surface area (Å²) in [7, 11) is 0. The predicted molar refractivity (Wildman–Crippen MR) is 70.7 cm³/mol. The molecule has 1 unspecified atom stereocenters. The standard InChI is InChI=1S/C11H20IN2O2/c1-9(2)5-6-11(13,8(15)7-12)10(3,4)14(9)16/h5-7,13H2,1-4H3. The first-order valence-corrected chi connectivity index (χ1v) is 6.98. The van der Waals surface area contributed by atoms with Crippen LogP contribution in [-0.4, -0.2) is 31.9 Å². The summed E-state index contributed by atoms with van der Waals surface area (Å²) in [5.74, 6) is -0.0329. The second kappa shape index (κ2) is 4.19. The van der Waals surface area contributed by atoms with Crippen LogP contribution in [0.5, 0.6) is 0 Å². The molecule has 0 saturated carbocycles. The van der Waals surface area contributed by atoms with Crippen LogP contribution >= 0.6 is 22.6 Å². The Morgan fingerprint density at radius 1 is 1.31 bits per heavy atom. The molecule has 0 aromatic heterocycles. The molecule has 0 amide bonds. The Bertz CT molecular complexity index is 304. The van der Waals surface area contributed by atoms with E-state index in [-0.39, 0.29) is 5.78 Å². The van der Waals surface area contributed by atoms with Crippen LogP contribution in [0.2, 0.25) is 0 Å². The van der Waals surface area contributed by atoms with Crippen LogP contribution in [-0.2, 0) is 10.0 Å². The van der Waals surface area contributed by atoms with Crippen LogP contribution in [0.25, 0.3) is 0 Å². The monoisotopic (exact) mass is 339 g/mol. The van der Waals surface area contributed by atoms with Gasteiger partial charge < -0.3 is 5.73 Å². The largest absolute Gasteiger partial charge is 0.317 e. The number of nitrogens with two attached hydrogens (primary N) is 1. The topological polar surface area (TPSA) is 66.2 Å². The van der Waals surface area contributed by atoms with E-state index in [1.165, 1.54) is 0 Å². The third kappa shape index (κ3) is 1.91. The summed E-state index contributed by atoms with van der Waals surface area (Å²) >= 11 is 2.01. The third-order valence-electron chi connectivity index (χ3n) is 3.90. The number of carbonyl (C=O) groups is 1. The van der Waals surface area contributed by atoms with Gasteiger partial charge in [0.2, 0.25) is 0 Å². The molecule has 0 bridgehead atoms. The van der Waals surface area contributed by atoms with Crippen molar-refractivity contribution in [1.82, 2.24) is 5.06 Å². The lowest BCUT2D eigenvalue weighted by Crippen LogP contribution is -2.75. The zero-order valence-corrected chi connectivity index (χ0v) is 12.5. The van der Waals surface area contributed by atoms with E-state index < -0.39 is 16.6 Å². The van der Waals surface area contributed by atoms with Crippen molar-refractivity contribution in [2.75, 3.05) is 4.43 Å². The van der Waals surface area contributed by atoms with E-state index in [0.717, 1.165) is 5.06 Å². The van der Waals surface area contributed by atoms with Crippen LogP contribution in [0.4, 0.5) is 0 Å². The molecule has 1 aliphatic heterocycles. The number of alkyl halides is 1. The summed E-state index contributed by atoms with van der Waals surface area (Å²) in [5, 5.41) is 13.3. The molecule has 0 aliphatic carbocycles. The Morgan fingerprint density at radius 2 is 1.81 bits per heavy atom. The van der Waals surface area contributed by atoms with Crippen molar-refractivity contribution in [2.45, 2.75) is 57.2 Å². The van der Waals surface area contributed by atoms with Crippen molar-refractivity contribution in [2.24, 2.45) is 5.73 Å². The lowest BCUT2D eigenvalue weighted by Gasteiger charge is -2.55. The van der Waals surface area contributed by atoms with Crippen molar-refractivity contribution in [3.8, 4) is 0 Å². The molecular weight excluding hydrogens is 319 g/mol. The summed E-state index contributed by atoms with van der Waals surface area (Å²) < 4.78 is 0.353. The number of hydrogen-bond acceptors (Lipinski definition) is 3. The Hall–Kier alpha value is 0.280. The van der Waals surface area contributed by atoms with Crippen LogP contribution in [0.3, 0.4) is 0 Å². The predicted octanol–water partition coefficient (Wildman–Crippen LogP) is 1.69. The second-order valence-electron chi connectivity index (χ2n) is 5.69. The van der Waals surface area contributed by atoms with Gasteiger partial charge in [-0.1, -0.05) is 22.6 Å². The minimum atomic E-state index is -1.02. The molecule has 0 spiro atoms. The lowest BCUT2D eigenvalue weighted by molar-refractivity contribution is -0.300. The first kappa shape index (κ1) is 14.3. The first-order valence-electron chi connectivity index (χ1n) is 5.45. The van der Waals surface area contributed by atoms with Crippen LogP contribution in [0.15, 0.2) is 0 Å². The van der Waals surface area contributed by atoms with Gasteiger partial charge in [-0.15, -0.1) is 10.3 Å². The van der Waals surface area contributed by atoms with Crippen LogP contribution in [0, 0.1) is 0 Å². The number of halogens is 1. The van der Waals surface area contributed by atoms with Gasteiger partial charge in [0.1, 0.15) is 0 Å². The van der Waals surface area contributed by atoms with E-state index in [1.54, 1.807) is 13.8 Å². The van der Waals surface area contributed by atoms with E-state index >= 15 is 0 Å². The van der Waals surface area contributed by atoms with Gasteiger partial charge in [-0.2, -0.15) is 0 Å². The number of carbonyl (C=O) groups excluding carboxylic acids is 1. The highest BCUT2D eigenvalue weighted by atomic mass is 127. The zero-order valence-electron chi connectivity index (χ0n) is 10.3. The molecule has 2 N–H and O–H groups in total. The Labute approximate surface area is 111 Å². The molecule has 16 heavy (non-hydrogen) atoms. The van der Waals surface area contributed by atoms with Gasteiger partial charge >= 0.3 is 0 Å². The molecule has 1 rings (SSSR count). The number of Topliss-reactive ketones (excluding diaryl/α,β-unsaturated/α-hetero) is 1. The number of rotatable bonds is 2. The number of ketones is 1. The lowest BCUT2D eigenvalue weighted by atomic mass is 9.67. The number of hydroxylamine groups is 2. The fourth-order valence-corrected chi connectivity index (χ4v) is 3.13. The van der Waals surface area contributed by atoms with E-state index in [2.05, 4.69) is 0 Å². The van der Waals surface area contributed by atoms with Gasteiger partial charge in [0.05, 0.1) is 15.5 Å². The highest BCUT2D eigenvalue weighted by molar-refractivity contribution is 14.1. The summed E-state index contributed by atoms with van der Waals surface area (Å²) in [6.07, 6.45) is 1.23. The van der Waals surface area contributed by atoms with Gasteiger partial charge in [0.25, 0.3) is 0 Å². The average molecular weight is 339 g/mol. The van der Waals surface area contributed by atoms with Gasteiger partial charge in [-0.3, -0.25) is 4.79 Å². The molecule has 4 nitrogen and oxygen atoms in total. The van der Waals surface area contributed by atoms with Crippen molar-refractivity contribution < 1.29 is 10.0 Å². The summed E-state index contributed by atoms with van der Waals surface area (Å²) in [6, 6.07) is 0.